The Balaban J connectivity index is 1.29. The van der Waals surface area contributed by atoms with Gasteiger partial charge in [0.05, 0.1) is 62.5 Å². The molecule has 22 unspecified atom stereocenters. The van der Waals surface area contributed by atoms with Crippen LogP contribution < -0.4 is 0 Å². The van der Waals surface area contributed by atoms with Crippen molar-refractivity contribution in [3.05, 3.63) is 0 Å². The maximum absolute atomic E-state index is 11.2. The summed E-state index contributed by atoms with van der Waals surface area (Å²) in [5.74, 6) is -1.34. The minimum Gasteiger partial charge on any atom is -0.394 e. The summed E-state index contributed by atoms with van der Waals surface area (Å²) in [5.41, 5.74) is 0. The van der Waals surface area contributed by atoms with Crippen molar-refractivity contribution >= 4 is 0 Å². The van der Waals surface area contributed by atoms with Gasteiger partial charge in [-0.2, -0.15) is 0 Å². The lowest BCUT2D eigenvalue weighted by Crippen LogP contribution is -2.65. The Labute approximate surface area is 303 Å². The van der Waals surface area contributed by atoms with Gasteiger partial charge in [0.1, 0.15) is 73.2 Å². The first-order valence-electron chi connectivity index (χ1n) is 18.1. The fourth-order valence-electron chi connectivity index (χ4n) is 8.49. The van der Waals surface area contributed by atoms with E-state index in [-0.39, 0.29) is 32.1 Å². The average molecular weight is 775 g/mol. The number of hydrogen-bond acceptors (Lipinski definition) is 21. The topological polar surface area (TPSA) is 348 Å². The summed E-state index contributed by atoms with van der Waals surface area (Å²) in [4.78, 5) is 0. The second kappa shape index (κ2) is 17.3. The highest BCUT2D eigenvalue weighted by Gasteiger charge is 2.56. The second-order valence-corrected chi connectivity index (χ2v) is 15.1. The summed E-state index contributed by atoms with van der Waals surface area (Å²) in [5, 5.41) is 146. The largest absolute Gasteiger partial charge is 0.394 e. The number of ether oxygens (including phenoxy) is 7. The summed E-state index contributed by atoms with van der Waals surface area (Å²) in [6.45, 7) is -1.94. The molecule has 53 heavy (non-hydrogen) atoms. The third-order valence-electron chi connectivity index (χ3n) is 11.5. The van der Waals surface area contributed by atoms with Crippen LogP contribution in [-0.4, -0.2) is 226 Å². The van der Waals surface area contributed by atoms with E-state index in [1.165, 1.54) is 0 Å². The molecule has 0 aromatic heterocycles. The molecule has 0 aromatic rings. The summed E-state index contributed by atoms with van der Waals surface area (Å²) < 4.78 is 41.7. The highest BCUT2D eigenvalue weighted by molar-refractivity contribution is 5.01. The molecule has 6 fully saturated rings. The van der Waals surface area contributed by atoms with Gasteiger partial charge in [-0.25, -0.2) is 0 Å². The van der Waals surface area contributed by atoms with E-state index in [4.69, 9.17) is 33.2 Å². The average Bonchev–Trinajstić information content (AvgIpc) is 3.13. The SMILES string of the molecule is OCC1OC(OC2CC(O)CC3OC(C4CC(O)C(O)C(O)C4)C(OC4OC(CO)C(O)C(O)C4OC4OCC(O)C(O)C4O)CC23)C(O)C(O)C1O. The molecule has 21 heteroatoms. The molecule has 308 valence electrons. The van der Waals surface area contributed by atoms with Crippen LogP contribution in [0, 0.1) is 11.8 Å². The second-order valence-electron chi connectivity index (χ2n) is 15.1. The zero-order valence-electron chi connectivity index (χ0n) is 28.6. The van der Waals surface area contributed by atoms with E-state index in [0.717, 1.165) is 0 Å². The van der Waals surface area contributed by atoms with Gasteiger partial charge in [-0.05, 0) is 31.6 Å². The minimum absolute atomic E-state index is 0.0118. The van der Waals surface area contributed by atoms with Crippen LogP contribution in [0.3, 0.4) is 0 Å². The molecule has 0 radical (unpaired) electrons. The van der Waals surface area contributed by atoms with Crippen molar-refractivity contribution in [1.82, 2.24) is 0 Å². The molecule has 4 saturated heterocycles. The fraction of sp³-hybridized carbons (Fsp3) is 1.00. The van der Waals surface area contributed by atoms with Crippen LogP contribution in [0.1, 0.15) is 32.1 Å². The summed E-state index contributed by atoms with van der Waals surface area (Å²) >= 11 is 0. The van der Waals surface area contributed by atoms with E-state index in [1.54, 1.807) is 0 Å². The molecule has 4 heterocycles. The molecule has 0 aromatic carbocycles. The van der Waals surface area contributed by atoms with Crippen LogP contribution in [0.2, 0.25) is 0 Å². The normalized spacial score (nSPS) is 55.4. The quantitative estimate of drug-likeness (QED) is 0.103. The first-order valence-corrected chi connectivity index (χ1v) is 18.1. The van der Waals surface area contributed by atoms with Gasteiger partial charge in [0.25, 0.3) is 0 Å². The van der Waals surface area contributed by atoms with Crippen molar-refractivity contribution in [2.75, 3.05) is 19.8 Å². The van der Waals surface area contributed by atoms with Crippen LogP contribution >= 0.6 is 0 Å². The van der Waals surface area contributed by atoms with Crippen molar-refractivity contribution < 1.29 is 105 Å². The Hall–Kier alpha value is -0.840. The number of aliphatic hydroxyl groups is 14. The summed E-state index contributed by atoms with van der Waals surface area (Å²) in [7, 11) is 0. The third kappa shape index (κ3) is 8.56. The van der Waals surface area contributed by atoms with E-state index >= 15 is 0 Å². The molecule has 2 aliphatic carbocycles. The predicted octanol–water partition coefficient (Wildman–Crippen LogP) is -7.76. The molecule has 2 saturated carbocycles. The molecular weight excluding hydrogens is 720 g/mol. The molecule has 14 N–H and O–H groups in total. The molecule has 0 bridgehead atoms. The summed E-state index contributed by atoms with van der Waals surface area (Å²) in [6.07, 6.45) is -31.8. The van der Waals surface area contributed by atoms with Crippen molar-refractivity contribution in [2.24, 2.45) is 11.8 Å². The molecule has 0 spiro atoms. The Morgan fingerprint density at radius 3 is 1.70 bits per heavy atom. The molecular formula is C32H54O21. The van der Waals surface area contributed by atoms with Crippen molar-refractivity contribution in [3.63, 3.8) is 0 Å². The van der Waals surface area contributed by atoms with Crippen LogP contribution in [0.25, 0.3) is 0 Å². The standard InChI is InChI=1S/C32H54O21/c33-6-18-22(41)24(43)27(46)31(51-18)49-16-4-10(35)3-15-11(16)5-17(28(48-15)9-1-12(36)20(39)13(37)2-9)50-32-29(25(44)23(42)19(7-34)52-32)53-30-26(45)21(40)14(38)8-47-30/h9-46H,1-8H2. The van der Waals surface area contributed by atoms with Crippen LogP contribution in [0.4, 0.5) is 0 Å². The number of fused-ring (bicyclic) bond motifs is 1. The first-order chi connectivity index (χ1) is 25.1. The van der Waals surface area contributed by atoms with Crippen molar-refractivity contribution in [2.45, 2.75) is 167 Å². The number of rotatable bonds is 9. The monoisotopic (exact) mass is 774 g/mol. The first kappa shape index (κ1) is 41.8. The van der Waals surface area contributed by atoms with Gasteiger partial charge >= 0.3 is 0 Å². The van der Waals surface area contributed by atoms with Gasteiger partial charge in [0.15, 0.2) is 18.9 Å². The van der Waals surface area contributed by atoms with E-state index in [1.807, 2.05) is 0 Å². The lowest BCUT2D eigenvalue weighted by Gasteiger charge is -2.53. The Bertz CT molecular complexity index is 1160. The zero-order valence-corrected chi connectivity index (χ0v) is 28.6. The van der Waals surface area contributed by atoms with Gasteiger partial charge < -0.3 is 105 Å². The van der Waals surface area contributed by atoms with Gasteiger partial charge in [-0.1, -0.05) is 0 Å². The van der Waals surface area contributed by atoms with Crippen LogP contribution in [-0.2, 0) is 33.2 Å². The van der Waals surface area contributed by atoms with Crippen LogP contribution in [0.5, 0.6) is 0 Å². The number of hydrogen-bond donors (Lipinski definition) is 14. The van der Waals surface area contributed by atoms with Crippen molar-refractivity contribution in [1.29, 1.82) is 0 Å². The minimum atomic E-state index is -1.83. The van der Waals surface area contributed by atoms with Gasteiger partial charge in [0.2, 0.25) is 0 Å². The lowest BCUT2D eigenvalue weighted by molar-refractivity contribution is -0.373. The Morgan fingerprint density at radius 2 is 1.06 bits per heavy atom. The van der Waals surface area contributed by atoms with E-state index in [2.05, 4.69) is 0 Å². The van der Waals surface area contributed by atoms with Gasteiger partial charge in [0, 0.05) is 12.3 Å². The maximum atomic E-state index is 11.2. The predicted molar refractivity (Wildman–Crippen MR) is 167 cm³/mol. The molecule has 6 aliphatic rings. The lowest BCUT2D eigenvalue weighted by atomic mass is 9.72. The maximum Gasteiger partial charge on any atom is 0.187 e. The Morgan fingerprint density at radius 1 is 0.472 bits per heavy atom. The fourth-order valence-corrected chi connectivity index (χ4v) is 8.49. The van der Waals surface area contributed by atoms with E-state index in [0.29, 0.717) is 0 Å². The van der Waals surface area contributed by atoms with E-state index in [9.17, 15) is 71.5 Å². The van der Waals surface area contributed by atoms with Gasteiger partial charge in [-0.3, -0.25) is 0 Å². The molecule has 0 amide bonds. The molecule has 6 rings (SSSR count). The third-order valence-corrected chi connectivity index (χ3v) is 11.5. The van der Waals surface area contributed by atoms with E-state index < -0.39 is 167 Å². The number of aliphatic hydroxyl groups excluding tert-OH is 14. The zero-order chi connectivity index (χ0) is 38.5. The smallest absolute Gasteiger partial charge is 0.187 e. The van der Waals surface area contributed by atoms with Crippen molar-refractivity contribution in [3.8, 4) is 0 Å². The highest BCUT2D eigenvalue weighted by atomic mass is 16.8. The van der Waals surface area contributed by atoms with Crippen LogP contribution in [0.15, 0.2) is 0 Å². The van der Waals surface area contributed by atoms with Gasteiger partial charge in [-0.15, -0.1) is 0 Å². The molecule has 4 aliphatic heterocycles. The molecule has 21 nitrogen and oxygen atoms in total. The molecule has 22 atom stereocenters. The summed E-state index contributed by atoms with van der Waals surface area (Å²) in [6, 6.07) is 0. The Kier molecular flexibility index (Phi) is 13.7. The highest BCUT2D eigenvalue weighted by Crippen LogP contribution is 2.45.